The third kappa shape index (κ3) is 1.89. The Bertz CT molecular complexity index is 384. The highest BCUT2D eigenvalue weighted by molar-refractivity contribution is 5.94. The highest BCUT2D eigenvalue weighted by atomic mass is 16.2. The molecule has 1 aliphatic rings. The van der Waals surface area contributed by atoms with Gasteiger partial charge in [-0.3, -0.25) is 4.79 Å². The summed E-state index contributed by atoms with van der Waals surface area (Å²) >= 11 is 0. The molecular weight excluding hydrogens is 186 g/mol. The lowest BCUT2D eigenvalue weighted by Gasteiger charge is -2.28. The van der Waals surface area contributed by atoms with E-state index in [-0.39, 0.29) is 5.91 Å². The van der Waals surface area contributed by atoms with Crippen molar-refractivity contribution >= 4 is 11.6 Å². The van der Waals surface area contributed by atoms with E-state index in [4.69, 9.17) is 0 Å². The maximum Gasteiger partial charge on any atom is 0.226 e. The summed E-state index contributed by atoms with van der Waals surface area (Å²) in [7, 11) is 0. The number of hydrogen-bond donors (Lipinski definition) is 0. The molecule has 0 spiro atoms. The Morgan fingerprint density at radius 2 is 2.00 bits per heavy atom. The smallest absolute Gasteiger partial charge is 0.226 e. The zero-order chi connectivity index (χ0) is 10.8. The first-order chi connectivity index (χ1) is 7.20. The van der Waals surface area contributed by atoms with Crippen molar-refractivity contribution in [2.75, 3.05) is 11.4 Å². The van der Waals surface area contributed by atoms with Gasteiger partial charge in [-0.1, -0.05) is 12.1 Å². The van der Waals surface area contributed by atoms with Crippen molar-refractivity contribution in [1.82, 2.24) is 0 Å². The first kappa shape index (κ1) is 10.2. The van der Waals surface area contributed by atoms with Crippen LogP contribution in [0.4, 0.5) is 5.69 Å². The highest BCUT2D eigenvalue weighted by Gasteiger charge is 2.20. The van der Waals surface area contributed by atoms with Crippen LogP contribution < -0.4 is 4.90 Å². The largest absolute Gasteiger partial charge is 0.312 e. The lowest BCUT2D eigenvalue weighted by atomic mass is 10.0. The summed E-state index contributed by atoms with van der Waals surface area (Å²) in [6.07, 6.45) is 2.87. The average Bonchev–Trinajstić information content (AvgIpc) is 2.23. The second-order valence-electron chi connectivity index (χ2n) is 4.22. The van der Waals surface area contributed by atoms with Crippen molar-refractivity contribution in [2.45, 2.75) is 33.1 Å². The van der Waals surface area contributed by atoms with Crippen molar-refractivity contribution in [3.05, 3.63) is 29.3 Å². The second kappa shape index (κ2) is 4.05. The van der Waals surface area contributed by atoms with Gasteiger partial charge in [0.15, 0.2) is 0 Å². The zero-order valence-electron chi connectivity index (χ0n) is 9.42. The number of carbonyl (C=O) groups is 1. The van der Waals surface area contributed by atoms with Gasteiger partial charge in [0.1, 0.15) is 0 Å². The first-order valence-electron chi connectivity index (χ1n) is 5.57. The number of anilines is 1. The Balaban J connectivity index is 2.35. The summed E-state index contributed by atoms with van der Waals surface area (Å²) in [6, 6.07) is 6.17. The summed E-state index contributed by atoms with van der Waals surface area (Å²) in [5, 5.41) is 0. The van der Waals surface area contributed by atoms with E-state index in [9.17, 15) is 4.79 Å². The second-order valence-corrected chi connectivity index (χ2v) is 4.22. The maximum atomic E-state index is 11.8. The first-order valence-corrected chi connectivity index (χ1v) is 5.57. The Morgan fingerprint density at radius 1 is 1.20 bits per heavy atom. The molecule has 0 bridgehead atoms. The number of benzene rings is 1. The van der Waals surface area contributed by atoms with Crippen molar-refractivity contribution < 1.29 is 4.79 Å². The van der Waals surface area contributed by atoms with E-state index in [1.165, 1.54) is 11.1 Å². The fourth-order valence-electron chi connectivity index (χ4n) is 2.09. The Hall–Kier alpha value is -1.31. The third-order valence-electron chi connectivity index (χ3n) is 3.19. The van der Waals surface area contributed by atoms with Crippen LogP contribution in [0.25, 0.3) is 0 Å². The molecule has 2 rings (SSSR count). The molecule has 1 aromatic carbocycles. The quantitative estimate of drug-likeness (QED) is 0.687. The van der Waals surface area contributed by atoms with Crippen LogP contribution in [0.15, 0.2) is 18.2 Å². The van der Waals surface area contributed by atoms with Crippen LogP contribution in [0, 0.1) is 13.8 Å². The Morgan fingerprint density at radius 3 is 2.73 bits per heavy atom. The molecule has 0 aliphatic carbocycles. The molecule has 1 fully saturated rings. The van der Waals surface area contributed by atoms with Crippen LogP contribution in [0.5, 0.6) is 0 Å². The zero-order valence-corrected chi connectivity index (χ0v) is 9.42. The molecule has 0 aromatic heterocycles. The monoisotopic (exact) mass is 203 g/mol. The van der Waals surface area contributed by atoms with E-state index >= 15 is 0 Å². The van der Waals surface area contributed by atoms with Crippen molar-refractivity contribution in [2.24, 2.45) is 0 Å². The van der Waals surface area contributed by atoms with Crippen molar-refractivity contribution in [1.29, 1.82) is 0 Å². The molecule has 2 heteroatoms. The third-order valence-corrected chi connectivity index (χ3v) is 3.19. The van der Waals surface area contributed by atoms with E-state index in [1.54, 1.807) is 0 Å². The van der Waals surface area contributed by atoms with Gasteiger partial charge in [0, 0.05) is 18.7 Å². The van der Waals surface area contributed by atoms with Gasteiger partial charge in [0.05, 0.1) is 0 Å². The summed E-state index contributed by atoms with van der Waals surface area (Å²) < 4.78 is 0. The number of rotatable bonds is 1. The van der Waals surface area contributed by atoms with Gasteiger partial charge >= 0.3 is 0 Å². The summed E-state index contributed by atoms with van der Waals surface area (Å²) in [5.74, 6) is 0.273. The normalized spacial score (nSPS) is 16.9. The van der Waals surface area contributed by atoms with Gasteiger partial charge in [-0.2, -0.15) is 0 Å². The highest BCUT2D eigenvalue weighted by Crippen LogP contribution is 2.26. The minimum Gasteiger partial charge on any atom is -0.312 e. The molecule has 1 heterocycles. The molecule has 15 heavy (non-hydrogen) atoms. The molecule has 80 valence electrons. The minimum absolute atomic E-state index is 0.273. The van der Waals surface area contributed by atoms with Crippen molar-refractivity contribution in [3.63, 3.8) is 0 Å². The van der Waals surface area contributed by atoms with Crippen molar-refractivity contribution in [3.8, 4) is 0 Å². The van der Waals surface area contributed by atoms with Gasteiger partial charge in [-0.05, 0) is 43.9 Å². The van der Waals surface area contributed by atoms with Crippen LogP contribution in [0.1, 0.15) is 30.4 Å². The average molecular weight is 203 g/mol. The Labute approximate surface area is 90.9 Å². The van der Waals surface area contributed by atoms with Gasteiger partial charge in [0.25, 0.3) is 0 Å². The van der Waals surface area contributed by atoms with Gasteiger partial charge in [-0.25, -0.2) is 0 Å². The fraction of sp³-hybridized carbons (Fsp3) is 0.462. The van der Waals surface area contributed by atoms with E-state index in [0.29, 0.717) is 6.42 Å². The molecular formula is C13H17NO. The van der Waals surface area contributed by atoms with Gasteiger partial charge < -0.3 is 4.90 Å². The predicted molar refractivity (Wildman–Crippen MR) is 62.1 cm³/mol. The molecule has 0 N–H and O–H groups in total. The molecule has 1 saturated heterocycles. The number of carbonyl (C=O) groups excluding carboxylic acids is 1. The summed E-state index contributed by atoms with van der Waals surface area (Å²) in [5.41, 5.74) is 3.58. The molecule has 2 nitrogen and oxygen atoms in total. The molecule has 1 aromatic rings. The molecule has 1 aliphatic heterocycles. The Kier molecular flexibility index (Phi) is 2.76. The number of hydrogen-bond acceptors (Lipinski definition) is 1. The minimum atomic E-state index is 0.273. The van der Waals surface area contributed by atoms with Gasteiger partial charge in [-0.15, -0.1) is 0 Å². The maximum absolute atomic E-state index is 11.8. The number of nitrogens with zero attached hydrogens (tertiary/aromatic N) is 1. The van der Waals surface area contributed by atoms with E-state index in [1.807, 2.05) is 17.0 Å². The van der Waals surface area contributed by atoms with Crippen LogP contribution in [0.2, 0.25) is 0 Å². The van der Waals surface area contributed by atoms with Crippen LogP contribution in [0.3, 0.4) is 0 Å². The van der Waals surface area contributed by atoms with Crippen LogP contribution in [-0.4, -0.2) is 12.5 Å². The number of piperidine rings is 1. The summed E-state index contributed by atoms with van der Waals surface area (Å²) in [4.78, 5) is 13.7. The molecule has 0 radical (unpaired) electrons. The number of amides is 1. The topological polar surface area (TPSA) is 20.3 Å². The molecule has 1 amide bonds. The number of aryl methyl sites for hydroxylation is 1. The lowest BCUT2D eigenvalue weighted by Crippen LogP contribution is -2.35. The van der Waals surface area contributed by atoms with Crippen LogP contribution >= 0.6 is 0 Å². The molecule has 0 saturated carbocycles. The predicted octanol–water partition coefficient (Wildman–Crippen LogP) is 2.82. The van der Waals surface area contributed by atoms with Crippen LogP contribution in [-0.2, 0) is 4.79 Å². The molecule has 0 unspecified atom stereocenters. The summed E-state index contributed by atoms with van der Waals surface area (Å²) in [6.45, 7) is 5.06. The van der Waals surface area contributed by atoms with E-state index < -0.39 is 0 Å². The fourth-order valence-corrected chi connectivity index (χ4v) is 2.09. The standard InChI is InChI=1S/C13H17NO/c1-10-6-5-7-12(11(10)2)14-9-4-3-8-13(14)15/h5-7H,3-4,8-9H2,1-2H3. The molecule has 0 atom stereocenters. The SMILES string of the molecule is Cc1cccc(N2CCCCC2=O)c1C. The van der Waals surface area contributed by atoms with Gasteiger partial charge in [0.2, 0.25) is 5.91 Å². The van der Waals surface area contributed by atoms with E-state index in [2.05, 4.69) is 19.9 Å². The lowest BCUT2D eigenvalue weighted by molar-refractivity contribution is -0.119. The van der Waals surface area contributed by atoms with E-state index in [0.717, 1.165) is 25.1 Å².